The molecule has 0 radical (unpaired) electrons. The van der Waals surface area contributed by atoms with Crippen LogP contribution in [0.4, 0.5) is 10.3 Å². The molecule has 0 aliphatic carbocycles. The van der Waals surface area contributed by atoms with E-state index in [1.165, 1.54) is 6.07 Å². The molecule has 0 saturated heterocycles. The van der Waals surface area contributed by atoms with Gasteiger partial charge in [0.05, 0.1) is 12.2 Å². The quantitative estimate of drug-likeness (QED) is 0.905. The second-order valence-electron chi connectivity index (χ2n) is 3.85. The van der Waals surface area contributed by atoms with E-state index in [9.17, 15) is 4.39 Å². The molecule has 5 nitrogen and oxygen atoms in total. The monoisotopic (exact) mass is 340 g/mol. The second-order valence-corrected chi connectivity index (χ2v) is 4.77. The van der Waals surface area contributed by atoms with E-state index in [4.69, 9.17) is 4.74 Å². The van der Waals surface area contributed by atoms with Gasteiger partial charge in [-0.25, -0.2) is 4.39 Å². The van der Waals surface area contributed by atoms with E-state index in [2.05, 4.69) is 36.2 Å². The molecule has 0 fully saturated rings. The Kier molecular flexibility index (Phi) is 4.84. The Hall–Kier alpha value is -1.76. The lowest BCUT2D eigenvalue weighted by Crippen LogP contribution is -2.08. The van der Waals surface area contributed by atoms with Crippen LogP contribution in [0.2, 0.25) is 0 Å². The first-order valence-corrected chi connectivity index (χ1v) is 7.01. The van der Waals surface area contributed by atoms with Gasteiger partial charge in [-0.2, -0.15) is 15.0 Å². The summed E-state index contributed by atoms with van der Waals surface area (Å²) < 4.78 is 19.9. The average molecular weight is 341 g/mol. The molecule has 0 spiro atoms. The maximum atomic E-state index is 13.9. The van der Waals surface area contributed by atoms with Crippen molar-refractivity contribution in [1.29, 1.82) is 0 Å². The highest BCUT2D eigenvalue weighted by atomic mass is 79.9. The number of hydrogen-bond donors (Lipinski definition) is 1. The third kappa shape index (κ3) is 3.41. The predicted octanol–water partition coefficient (Wildman–Crippen LogP) is 3.27. The van der Waals surface area contributed by atoms with Crippen molar-refractivity contribution in [2.24, 2.45) is 0 Å². The first kappa shape index (κ1) is 14.6. The van der Waals surface area contributed by atoms with Crippen LogP contribution in [0.25, 0.3) is 11.4 Å². The lowest BCUT2D eigenvalue weighted by Gasteiger charge is -2.08. The normalized spacial score (nSPS) is 10.4. The molecule has 1 aromatic carbocycles. The summed E-state index contributed by atoms with van der Waals surface area (Å²) in [5, 5.41) is 2.97. The largest absolute Gasteiger partial charge is 0.464 e. The zero-order valence-corrected chi connectivity index (χ0v) is 12.7. The molecule has 106 valence electrons. The molecule has 0 saturated carbocycles. The standard InChI is InChI=1S/C13H14BrFN4O/c1-3-16-12-17-11(18-13(19-12)20-4-2)9-7-8(14)5-6-10(9)15/h5-7H,3-4H2,1-2H3,(H,16,17,18,19). The van der Waals surface area contributed by atoms with E-state index in [1.807, 2.05) is 13.8 Å². The van der Waals surface area contributed by atoms with Crippen LogP contribution in [0.3, 0.4) is 0 Å². The molecule has 0 bridgehead atoms. The van der Waals surface area contributed by atoms with Gasteiger partial charge in [-0.3, -0.25) is 0 Å². The average Bonchev–Trinajstić information content (AvgIpc) is 2.42. The smallest absolute Gasteiger partial charge is 0.321 e. The van der Waals surface area contributed by atoms with Crippen LogP contribution in [-0.4, -0.2) is 28.1 Å². The van der Waals surface area contributed by atoms with Crippen molar-refractivity contribution >= 4 is 21.9 Å². The fraction of sp³-hybridized carbons (Fsp3) is 0.308. The van der Waals surface area contributed by atoms with Crippen LogP contribution in [-0.2, 0) is 0 Å². The molecule has 1 aromatic heterocycles. The van der Waals surface area contributed by atoms with E-state index in [-0.39, 0.29) is 11.8 Å². The Labute approximate surface area is 124 Å². The SMILES string of the molecule is CCNc1nc(OCC)nc(-c2cc(Br)ccc2F)n1. The molecular weight excluding hydrogens is 327 g/mol. The summed E-state index contributed by atoms with van der Waals surface area (Å²) in [6.07, 6.45) is 0. The van der Waals surface area contributed by atoms with Gasteiger partial charge in [0, 0.05) is 11.0 Å². The molecule has 7 heteroatoms. The van der Waals surface area contributed by atoms with Crippen LogP contribution < -0.4 is 10.1 Å². The zero-order chi connectivity index (χ0) is 14.5. The first-order valence-electron chi connectivity index (χ1n) is 6.22. The van der Waals surface area contributed by atoms with Crippen molar-refractivity contribution in [2.45, 2.75) is 13.8 Å². The first-order chi connectivity index (χ1) is 9.63. The van der Waals surface area contributed by atoms with Crippen molar-refractivity contribution in [3.8, 4) is 17.4 Å². The number of aromatic nitrogens is 3. The van der Waals surface area contributed by atoms with Crippen molar-refractivity contribution < 1.29 is 9.13 Å². The predicted molar refractivity (Wildman–Crippen MR) is 78.3 cm³/mol. The molecular formula is C13H14BrFN4O. The van der Waals surface area contributed by atoms with Gasteiger partial charge in [0.1, 0.15) is 5.82 Å². The summed E-state index contributed by atoms with van der Waals surface area (Å²) in [6, 6.07) is 4.77. The number of nitrogens with one attached hydrogen (secondary N) is 1. The molecule has 0 aliphatic heterocycles. The highest BCUT2D eigenvalue weighted by molar-refractivity contribution is 9.10. The number of hydrogen-bond acceptors (Lipinski definition) is 5. The van der Waals surface area contributed by atoms with Crippen LogP contribution in [0.5, 0.6) is 6.01 Å². The number of benzene rings is 1. The van der Waals surface area contributed by atoms with Crippen LogP contribution in [0.15, 0.2) is 22.7 Å². The summed E-state index contributed by atoms with van der Waals surface area (Å²) in [7, 11) is 0. The molecule has 20 heavy (non-hydrogen) atoms. The lowest BCUT2D eigenvalue weighted by molar-refractivity contribution is 0.312. The van der Waals surface area contributed by atoms with E-state index < -0.39 is 5.82 Å². The van der Waals surface area contributed by atoms with Gasteiger partial charge >= 0.3 is 6.01 Å². The zero-order valence-electron chi connectivity index (χ0n) is 11.2. The Morgan fingerprint density at radius 2 is 2.05 bits per heavy atom. The summed E-state index contributed by atoms with van der Waals surface area (Å²) in [5.74, 6) is 0.197. The minimum atomic E-state index is -0.399. The summed E-state index contributed by atoms with van der Waals surface area (Å²) in [5.41, 5.74) is 0.293. The summed E-state index contributed by atoms with van der Waals surface area (Å²) in [6.45, 7) is 4.82. The van der Waals surface area contributed by atoms with Gasteiger partial charge in [-0.1, -0.05) is 15.9 Å². The van der Waals surface area contributed by atoms with Crippen molar-refractivity contribution in [3.63, 3.8) is 0 Å². The van der Waals surface area contributed by atoms with E-state index >= 15 is 0 Å². The van der Waals surface area contributed by atoms with Crippen molar-refractivity contribution in [3.05, 3.63) is 28.5 Å². The molecule has 2 rings (SSSR count). The topological polar surface area (TPSA) is 59.9 Å². The maximum absolute atomic E-state index is 13.9. The molecule has 2 aromatic rings. The molecule has 0 atom stereocenters. The fourth-order valence-corrected chi connectivity index (χ4v) is 1.94. The summed E-state index contributed by atoms with van der Waals surface area (Å²) in [4.78, 5) is 12.4. The third-order valence-corrected chi connectivity index (χ3v) is 2.89. The van der Waals surface area contributed by atoms with Gasteiger partial charge in [-0.15, -0.1) is 0 Å². The van der Waals surface area contributed by atoms with Crippen LogP contribution >= 0.6 is 15.9 Å². The highest BCUT2D eigenvalue weighted by Crippen LogP contribution is 2.25. The fourth-order valence-electron chi connectivity index (χ4n) is 1.58. The van der Waals surface area contributed by atoms with Gasteiger partial charge in [0.15, 0.2) is 5.82 Å². The Balaban J connectivity index is 2.51. The van der Waals surface area contributed by atoms with Gasteiger partial charge < -0.3 is 10.1 Å². The molecule has 0 aliphatic rings. The number of rotatable bonds is 5. The second kappa shape index (κ2) is 6.60. The van der Waals surface area contributed by atoms with Crippen molar-refractivity contribution in [1.82, 2.24) is 15.0 Å². The number of anilines is 1. The summed E-state index contributed by atoms with van der Waals surface area (Å²) >= 11 is 3.31. The molecule has 0 amide bonds. The maximum Gasteiger partial charge on any atom is 0.321 e. The molecule has 1 heterocycles. The number of nitrogens with zero attached hydrogens (tertiary/aromatic N) is 3. The minimum Gasteiger partial charge on any atom is -0.464 e. The Bertz CT molecular complexity index is 585. The number of ether oxygens (including phenoxy) is 1. The lowest BCUT2D eigenvalue weighted by atomic mass is 10.2. The Morgan fingerprint density at radius 3 is 2.75 bits per heavy atom. The third-order valence-electron chi connectivity index (χ3n) is 2.39. The number of halogens is 2. The Morgan fingerprint density at radius 1 is 1.25 bits per heavy atom. The molecule has 0 unspecified atom stereocenters. The minimum absolute atomic E-state index is 0.174. The van der Waals surface area contributed by atoms with E-state index in [0.29, 0.717) is 24.7 Å². The highest BCUT2D eigenvalue weighted by Gasteiger charge is 2.13. The molecule has 1 N–H and O–H groups in total. The van der Waals surface area contributed by atoms with Crippen molar-refractivity contribution in [2.75, 3.05) is 18.5 Å². The van der Waals surface area contributed by atoms with Crippen LogP contribution in [0, 0.1) is 5.82 Å². The van der Waals surface area contributed by atoms with Crippen LogP contribution in [0.1, 0.15) is 13.8 Å². The van der Waals surface area contributed by atoms with Gasteiger partial charge in [-0.05, 0) is 32.0 Å². The van der Waals surface area contributed by atoms with Gasteiger partial charge in [0.2, 0.25) is 5.95 Å². The van der Waals surface area contributed by atoms with Gasteiger partial charge in [0.25, 0.3) is 0 Å². The van der Waals surface area contributed by atoms with E-state index in [1.54, 1.807) is 12.1 Å². The van der Waals surface area contributed by atoms with E-state index in [0.717, 1.165) is 4.47 Å².